The third kappa shape index (κ3) is 2.51. The number of ether oxygens (including phenoxy) is 2. The minimum atomic E-state index is -1.29. The fourth-order valence-electron chi connectivity index (χ4n) is 2.84. The number of benzene rings is 1. The second-order valence-corrected chi connectivity index (χ2v) is 5.24. The van der Waals surface area contributed by atoms with E-state index in [0.717, 1.165) is 12.0 Å². The summed E-state index contributed by atoms with van der Waals surface area (Å²) >= 11 is 0. The van der Waals surface area contributed by atoms with E-state index in [0.29, 0.717) is 23.2 Å². The number of imide groups is 1. The first-order chi connectivity index (χ1) is 12.0. The topological polar surface area (TPSA) is 118 Å². The van der Waals surface area contributed by atoms with Crippen LogP contribution < -0.4 is 9.64 Å². The van der Waals surface area contributed by atoms with E-state index in [9.17, 15) is 19.3 Å². The van der Waals surface area contributed by atoms with Crippen molar-refractivity contribution in [2.75, 3.05) is 18.6 Å². The van der Waals surface area contributed by atoms with Crippen molar-refractivity contribution in [1.29, 1.82) is 0 Å². The van der Waals surface area contributed by atoms with Gasteiger partial charge in [0.2, 0.25) is 5.91 Å². The minimum absolute atomic E-state index is 0.294. The molecular formula is C15H14N4O6. The molecular weight excluding hydrogens is 332 g/mol. The van der Waals surface area contributed by atoms with E-state index in [1.54, 1.807) is 12.1 Å². The number of nitrogens with zero attached hydrogens (tertiary/aromatic N) is 4. The normalized spacial score (nSPS) is 21.9. The number of carbonyl (C=O) groups excluding carboxylic acids is 3. The first kappa shape index (κ1) is 16.6. The second-order valence-electron chi connectivity index (χ2n) is 5.24. The van der Waals surface area contributed by atoms with Gasteiger partial charge in [-0.15, -0.1) is 15.1 Å². The number of fused-ring (bicyclic) bond motifs is 1. The molecule has 0 bridgehead atoms. The van der Waals surface area contributed by atoms with Crippen LogP contribution in [0.2, 0.25) is 0 Å². The van der Waals surface area contributed by atoms with E-state index < -0.39 is 29.7 Å². The maximum atomic E-state index is 12.7. The molecule has 0 N–H and O–H groups in total. The maximum absolute atomic E-state index is 12.7. The number of carbonyl (C=O) groups is 3. The van der Waals surface area contributed by atoms with E-state index in [1.807, 2.05) is 6.92 Å². The summed E-state index contributed by atoms with van der Waals surface area (Å²) in [6.45, 7) is 2.31. The molecule has 10 heteroatoms. The summed E-state index contributed by atoms with van der Waals surface area (Å²) in [5.74, 6) is -2.91. The highest BCUT2D eigenvalue weighted by Crippen LogP contribution is 2.35. The lowest BCUT2D eigenvalue weighted by Gasteiger charge is -2.17. The van der Waals surface area contributed by atoms with Gasteiger partial charge < -0.3 is 9.47 Å². The van der Waals surface area contributed by atoms with Crippen molar-refractivity contribution in [1.82, 2.24) is 5.12 Å². The Hall–Kier alpha value is -3.30. The van der Waals surface area contributed by atoms with Crippen LogP contribution in [0.5, 0.6) is 5.75 Å². The largest absolute Gasteiger partial charge is 0.494 e. The van der Waals surface area contributed by atoms with Crippen molar-refractivity contribution in [3.63, 3.8) is 0 Å². The molecule has 2 aliphatic heterocycles. The molecule has 130 valence electrons. The van der Waals surface area contributed by atoms with Crippen LogP contribution in [0.15, 0.2) is 34.7 Å². The van der Waals surface area contributed by atoms with E-state index in [1.165, 1.54) is 12.1 Å². The van der Waals surface area contributed by atoms with Crippen LogP contribution in [-0.4, -0.2) is 48.4 Å². The molecule has 0 aliphatic carbocycles. The molecule has 3 rings (SSSR count). The molecule has 2 atom stereocenters. The standard InChI is InChI=1S/C15H14N4O6/c1-3-25-9-6-4-8(5-7-9)18-13(20)10-11(15(22)24-2)16-19(17-23)12(10)14(18)21/h4-7,10,12H,3H2,1-2H3/t10-,12+/m1/s1. The molecule has 1 aromatic carbocycles. The van der Waals surface area contributed by atoms with E-state index >= 15 is 0 Å². The van der Waals surface area contributed by atoms with Gasteiger partial charge in [-0.05, 0) is 31.2 Å². The highest BCUT2D eigenvalue weighted by molar-refractivity contribution is 6.46. The molecule has 25 heavy (non-hydrogen) atoms. The van der Waals surface area contributed by atoms with Crippen molar-refractivity contribution < 1.29 is 23.9 Å². The summed E-state index contributed by atoms with van der Waals surface area (Å²) in [6.07, 6.45) is 0. The van der Waals surface area contributed by atoms with Crippen LogP contribution in [0.1, 0.15) is 6.92 Å². The Morgan fingerprint density at radius 1 is 1.24 bits per heavy atom. The minimum Gasteiger partial charge on any atom is -0.494 e. The van der Waals surface area contributed by atoms with Gasteiger partial charge in [0.1, 0.15) is 11.7 Å². The third-order valence-corrected chi connectivity index (χ3v) is 3.91. The summed E-state index contributed by atoms with van der Waals surface area (Å²) < 4.78 is 9.88. The van der Waals surface area contributed by atoms with Crippen LogP contribution >= 0.6 is 0 Å². The number of methoxy groups -OCH3 is 1. The number of nitroso groups, excluding NO2 is 1. The Morgan fingerprint density at radius 3 is 2.48 bits per heavy atom. The Morgan fingerprint density at radius 2 is 1.92 bits per heavy atom. The van der Waals surface area contributed by atoms with Crippen LogP contribution in [0.3, 0.4) is 0 Å². The van der Waals surface area contributed by atoms with Gasteiger partial charge in [-0.1, -0.05) is 0 Å². The molecule has 0 radical (unpaired) electrons. The van der Waals surface area contributed by atoms with E-state index in [2.05, 4.69) is 15.1 Å². The van der Waals surface area contributed by atoms with Crippen molar-refractivity contribution in [3.05, 3.63) is 29.2 Å². The molecule has 2 amide bonds. The molecule has 10 nitrogen and oxygen atoms in total. The van der Waals surface area contributed by atoms with Crippen molar-refractivity contribution in [2.45, 2.75) is 13.0 Å². The summed E-state index contributed by atoms with van der Waals surface area (Å²) in [4.78, 5) is 49.0. The molecule has 0 saturated carbocycles. The summed E-state index contributed by atoms with van der Waals surface area (Å²) in [5.41, 5.74) is -0.0261. The number of hydrogen-bond acceptors (Lipinski definition) is 8. The first-order valence-corrected chi connectivity index (χ1v) is 7.43. The van der Waals surface area contributed by atoms with Crippen LogP contribution in [0.4, 0.5) is 5.69 Å². The average Bonchev–Trinajstić information content (AvgIpc) is 3.13. The van der Waals surface area contributed by atoms with Gasteiger partial charge >= 0.3 is 5.97 Å². The number of rotatable bonds is 5. The number of hydrogen-bond donors (Lipinski definition) is 0. The number of hydrazone groups is 1. The fourth-order valence-corrected chi connectivity index (χ4v) is 2.84. The van der Waals surface area contributed by atoms with Crippen LogP contribution in [0, 0.1) is 10.8 Å². The maximum Gasteiger partial charge on any atom is 0.355 e. The monoisotopic (exact) mass is 346 g/mol. The van der Waals surface area contributed by atoms with Gasteiger partial charge in [-0.25, -0.2) is 9.69 Å². The predicted octanol–water partition coefficient (Wildman–Crippen LogP) is 0.469. The second kappa shape index (κ2) is 6.30. The van der Waals surface area contributed by atoms with Crippen molar-refractivity contribution in [2.24, 2.45) is 16.3 Å². The Balaban J connectivity index is 1.96. The SMILES string of the molecule is CCOc1ccc(N2C(=O)[C@@H]3C(C(=O)OC)=NN(N=O)[C@@H]3C2=O)cc1. The highest BCUT2D eigenvalue weighted by Gasteiger charge is 2.59. The lowest BCUT2D eigenvalue weighted by atomic mass is 9.98. The van der Waals surface area contributed by atoms with Gasteiger partial charge in [-0.3, -0.25) is 9.59 Å². The Kier molecular flexibility index (Phi) is 4.17. The summed E-state index contributed by atoms with van der Waals surface area (Å²) in [6, 6.07) is 5.01. The molecule has 2 heterocycles. The highest BCUT2D eigenvalue weighted by atomic mass is 16.5. The molecule has 0 spiro atoms. The van der Waals surface area contributed by atoms with Gasteiger partial charge in [0.25, 0.3) is 5.91 Å². The van der Waals surface area contributed by atoms with Crippen molar-refractivity contribution >= 4 is 29.2 Å². The molecule has 1 fully saturated rings. The summed E-state index contributed by atoms with van der Waals surface area (Å²) in [7, 11) is 1.11. The lowest BCUT2D eigenvalue weighted by molar-refractivity contribution is -0.133. The number of anilines is 1. The zero-order chi connectivity index (χ0) is 18.1. The summed E-state index contributed by atoms with van der Waals surface area (Å²) in [5, 5.41) is 6.79. The van der Waals surface area contributed by atoms with Crippen molar-refractivity contribution in [3.8, 4) is 5.75 Å². The average molecular weight is 346 g/mol. The molecule has 0 unspecified atom stereocenters. The zero-order valence-electron chi connectivity index (χ0n) is 13.4. The number of esters is 1. The molecule has 1 aromatic rings. The smallest absolute Gasteiger partial charge is 0.355 e. The van der Waals surface area contributed by atoms with Gasteiger partial charge in [0, 0.05) is 0 Å². The molecule has 1 saturated heterocycles. The lowest BCUT2D eigenvalue weighted by Crippen LogP contribution is -2.36. The molecule has 0 aromatic heterocycles. The third-order valence-electron chi connectivity index (χ3n) is 3.91. The first-order valence-electron chi connectivity index (χ1n) is 7.43. The Bertz CT molecular complexity index is 775. The van der Waals surface area contributed by atoms with E-state index in [4.69, 9.17) is 4.74 Å². The van der Waals surface area contributed by atoms with Crippen LogP contribution in [0.25, 0.3) is 0 Å². The van der Waals surface area contributed by atoms with Gasteiger partial charge in [0.15, 0.2) is 11.8 Å². The van der Waals surface area contributed by atoms with Gasteiger partial charge in [-0.2, -0.15) is 0 Å². The number of amides is 2. The molecule has 2 aliphatic rings. The van der Waals surface area contributed by atoms with E-state index in [-0.39, 0.29) is 5.71 Å². The van der Waals surface area contributed by atoms with Crippen LogP contribution in [-0.2, 0) is 19.1 Å². The Labute approximate surface area is 141 Å². The van der Waals surface area contributed by atoms with Gasteiger partial charge in [0.05, 0.1) is 24.7 Å². The quantitative estimate of drug-likeness (QED) is 0.432. The zero-order valence-corrected chi connectivity index (χ0v) is 13.4. The predicted molar refractivity (Wildman–Crippen MR) is 84.5 cm³/mol. The fraction of sp³-hybridized carbons (Fsp3) is 0.333.